The van der Waals surface area contributed by atoms with Crippen LogP contribution in [0.15, 0.2) is 48.8 Å². The second-order valence-electron chi connectivity index (χ2n) is 4.20. The van der Waals surface area contributed by atoms with Crippen LogP contribution in [0.2, 0.25) is 0 Å². The molecule has 1 aromatic heterocycles. The smallest absolute Gasteiger partial charge is 0.227 e. The number of nitrogens with zero attached hydrogens (tertiary/aromatic N) is 1. The van der Waals surface area contributed by atoms with Crippen molar-refractivity contribution in [1.82, 2.24) is 0 Å². The van der Waals surface area contributed by atoms with Gasteiger partial charge in [-0.3, -0.25) is 4.79 Å². The second kappa shape index (κ2) is 5.45. The lowest BCUT2D eigenvalue weighted by Crippen LogP contribution is -2.37. The van der Waals surface area contributed by atoms with Crippen molar-refractivity contribution in [2.45, 2.75) is 13.5 Å². The van der Waals surface area contributed by atoms with E-state index < -0.39 is 0 Å². The molecule has 3 nitrogen and oxygen atoms in total. The molecule has 0 aliphatic carbocycles. The number of hydrogen-bond acceptors (Lipinski definition) is 2. The molecule has 0 aliphatic heterocycles. The third kappa shape index (κ3) is 2.94. The monoisotopic (exact) mass is 242 g/mol. The predicted octanol–water partition coefficient (Wildman–Crippen LogP) is 2.17. The molecular formula is C15H16NO2+. The highest BCUT2D eigenvalue weighted by Crippen LogP contribution is 2.12. The molecule has 92 valence electrons. The lowest BCUT2D eigenvalue weighted by molar-refractivity contribution is -0.683. The number of hydrogen-bond donors (Lipinski definition) is 0. The molecule has 0 spiro atoms. The van der Waals surface area contributed by atoms with Crippen molar-refractivity contribution in [3.63, 3.8) is 0 Å². The highest BCUT2D eigenvalue weighted by atomic mass is 16.5. The Morgan fingerprint density at radius 1 is 1.22 bits per heavy atom. The maximum Gasteiger partial charge on any atom is 0.227 e. The first-order valence-electron chi connectivity index (χ1n) is 5.82. The summed E-state index contributed by atoms with van der Waals surface area (Å²) in [5.74, 6) is 0.775. The Hall–Kier alpha value is -2.16. The van der Waals surface area contributed by atoms with E-state index in [-0.39, 0.29) is 5.78 Å². The molecule has 3 heteroatoms. The fraction of sp³-hybridized carbons (Fsp3) is 0.200. The molecule has 0 saturated heterocycles. The highest BCUT2D eigenvalue weighted by molar-refractivity contribution is 5.95. The van der Waals surface area contributed by atoms with Crippen molar-refractivity contribution >= 4 is 5.78 Å². The van der Waals surface area contributed by atoms with E-state index in [1.807, 2.05) is 48.1 Å². The van der Waals surface area contributed by atoms with Gasteiger partial charge in [0.25, 0.3) is 0 Å². The zero-order valence-electron chi connectivity index (χ0n) is 10.6. The standard InChI is InChI=1S/C15H16NO2/c1-12-6-8-16(9-7-12)11-15(17)13-4-3-5-14(10-13)18-2/h3-10H,11H2,1-2H3/q+1. The maximum absolute atomic E-state index is 12.1. The van der Waals surface area contributed by atoms with Crippen LogP contribution in [0.1, 0.15) is 15.9 Å². The van der Waals surface area contributed by atoms with Crippen LogP contribution in [0.3, 0.4) is 0 Å². The van der Waals surface area contributed by atoms with E-state index in [1.54, 1.807) is 19.2 Å². The van der Waals surface area contributed by atoms with E-state index in [4.69, 9.17) is 4.74 Å². The Bertz CT molecular complexity index is 547. The van der Waals surface area contributed by atoms with Gasteiger partial charge >= 0.3 is 0 Å². The largest absolute Gasteiger partial charge is 0.497 e. The lowest BCUT2D eigenvalue weighted by atomic mass is 10.1. The van der Waals surface area contributed by atoms with Crippen molar-refractivity contribution < 1.29 is 14.1 Å². The third-order valence-electron chi connectivity index (χ3n) is 2.78. The van der Waals surface area contributed by atoms with Crippen LogP contribution < -0.4 is 9.30 Å². The fourth-order valence-electron chi connectivity index (χ4n) is 1.69. The van der Waals surface area contributed by atoms with E-state index >= 15 is 0 Å². The van der Waals surface area contributed by atoms with Gasteiger partial charge in [0.15, 0.2) is 12.4 Å². The zero-order valence-corrected chi connectivity index (χ0v) is 10.6. The molecule has 0 aliphatic rings. The summed E-state index contributed by atoms with van der Waals surface area (Å²) in [6.07, 6.45) is 3.82. The van der Waals surface area contributed by atoms with Gasteiger partial charge in [0, 0.05) is 17.7 Å². The molecule has 0 fully saturated rings. The summed E-state index contributed by atoms with van der Waals surface area (Å²) in [7, 11) is 1.60. The molecule has 0 saturated carbocycles. The van der Waals surface area contributed by atoms with Crippen molar-refractivity contribution in [2.75, 3.05) is 7.11 Å². The summed E-state index contributed by atoms with van der Waals surface area (Å²) in [4.78, 5) is 12.1. The predicted molar refractivity (Wildman–Crippen MR) is 68.7 cm³/mol. The minimum Gasteiger partial charge on any atom is -0.497 e. The molecule has 0 unspecified atom stereocenters. The Balaban J connectivity index is 2.14. The SMILES string of the molecule is COc1cccc(C(=O)C[n+]2ccc(C)cc2)c1. The lowest BCUT2D eigenvalue weighted by Gasteiger charge is -2.02. The third-order valence-corrected chi connectivity index (χ3v) is 2.78. The average molecular weight is 242 g/mol. The molecule has 2 rings (SSSR count). The summed E-state index contributed by atoms with van der Waals surface area (Å²) in [6.45, 7) is 2.36. The number of carbonyl (C=O) groups is 1. The first-order valence-corrected chi connectivity index (χ1v) is 5.82. The number of aromatic nitrogens is 1. The van der Waals surface area contributed by atoms with Gasteiger partial charge in [-0.05, 0) is 24.6 Å². The van der Waals surface area contributed by atoms with Gasteiger partial charge in [-0.25, -0.2) is 0 Å². The Morgan fingerprint density at radius 3 is 2.61 bits per heavy atom. The topological polar surface area (TPSA) is 30.2 Å². The van der Waals surface area contributed by atoms with Crippen molar-refractivity contribution in [1.29, 1.82) is 0 Å². The number of benzene rings is 1. The first kappa shape index (κ1) is 12.3. The van der Waals surface area contributed by atoms with Crippen molar-refractivity contribution in [3.8, 4) is 5.75 Å². The summed E-state index contributed by atoms with van der Waals surface area (Å²) in [6, 6.07) is 11.2. The van der Waals surface area contributed by atoms with E-state index in [0.29, 0.717) is 17.9 Å². The summed E-state index contributed by atoms with van der Waals surface area (Å²) >= 11 is 0. The molecule has 0 N–H and O–H groups in total. The highest BCUT2D eigenvalue weighted by Gasteiger charge is 2.12. The van der Waals surface area contributed by atoms with Gasteiger partial charge in [0.2, 0.25) is 12.3 Å². The molecular weight excluding hydrogens is 226 g/mol. The number of carbonyl (C=O) groups excluding carboxylic acids is 1. The molecule has 0 atom stereocenters. The Labute approximate surface area is 107 Å². The number of rotatable bonds is 4. The minimum atomic E-state index is 0.0720. The van der Waals surface area contributed by atoms with Gasteiger partial charge < -0.3 is 4.74 Å². The number of ketones is 1. The van der Waals surface area contributed by atoms with Crippen LogP contribution in [0.25, 0.3) is 0 Å². The number of methoxy groups -OCH3 is 1. The summed E-state index contributed by atoms with van der Waals surface area (Å²) in [5, 5.41) is 0. The normalized spacial score (nSPS) is 10.1. The van der Waals surface area contributed by atoms with Gasteiger partial charge in [-0.1, -0.05) is 12.1 Å². The molecule has 0 amide bonds. The zero-order chi connectivity index (χ0) is 13.0. The molecule has 0 bridgehead atoms. The van der Waals surface area contributed by atoms with E-state index in [0.717, 1.165) is 0 Å². The van der Waals surface area contributed by atoms with Crippen LogP contribution in [0, 0.1) is 6.92 Å². The van der Waals surface area contributed by atoms with Crippen molar-refractivity contribution in [2.24, 2.45) is 0 Å². The number of pyridine rings is 1. The van der Waals surface area contributed by atoms with Crippen LogP contribution in [-0.4, -0.2) is 12.9 Å². The number of aryl methyl sites for hydroxylation is 1. The van der Waals surface area contributed by atoms with Gasteiger partial charge in [-0.15, -0.1) is 0 Å². The van der Waals surface area contributed by atoms with E-state index in [2.05, 4.69) is 0 Å². The molecule has 1 aromatic carbocycles. The first-order chi connectivity index (χ1) is 8.69. The van der Waals surface area contributed by atoms with Crippen LogP contribution in [0.4, 0.5) is 0 Å². The van der Waals surface area contributed by atoms with E-state index in [1.165, 1.54) is 5.56 Å². The summed E-state index contributed by atoms with van der Waals surface area (Å²) in [5.41, 5.74) is 1.85. The number of ether oxygens (including phenoxy) is 1. The number of Topliss-reactive ketones (excluding diaryl/α,β-unsaturated/α-hetero) is 1. The van der Waals surface area contributed by atoms with Gasteiger partial charge in [0.1, 0.15) is 5.75 Å². The maximum atomic E-state index is 12.1. The van der Waals surface area contributed by atoms with Crippen LogP contribution >= 0.6 is 0 Å². The quantitative estimate of drug-likeness (QED) is 0.607. The van der Waals surface area contributed by atoms with Crippen molar-refractivity contribution in [3.05, 3.63) is 59.9 Å². The molecule has 2 aromatic rings. The second-order valence-corrected chi connectivity index (χ2v) is 4.20. The molecule has 0 radical (unpaired) electrons. The average Bonchev–Trinajstić information content (AvgIpc) is 2.41. The molecule has 1 heterocycles. The molecule has 18 heavy (non-hydrogen) atoms. The fourth-order valence-corrected chi connectivity index (χ4v) is 1.69. The summed E-state index contributed by atoms with van der Waals surface area (Å²) < 4.78 is 6.98. The Kier molecular flexibility index (Phi) is 3.72. The van der Waals surface area contributed by atoms with Gasteiger partial charge in [0.05, 0.1) is 7.11 Å². The van der Waals surface area contributed by atoms with Gasteiger partial charge in [-0.2, -0.15) is 4.57 Å². The van der Waals surface area contributed by atoms with E-state index in [9.17, 15) is 4.79 Å². The van der Waals surface area contributed by atoms with Crippen LogP contribution in [-0.2, 0) is 6.54 Å². The minimum absolute atomic E-state index is 0.0720. The van der Waals surface area contributed by atoms with Crippen LogP contribution in [0.5, 0.6) is 5.75 Å². The Morgan fingerprint density at radius 2 is 1.94 bits per heavy atom.